The van der Waals surface area contributed by atoms with Gasteiger partial charge in [-0.1, -0.05) is 17.7 Å². The maximum absolute atomic E-state index is 11.6. The van der Waals surface area contributed by atoms with Crippen molar-refractivity contribution in [3.8, 4) is 6.07 Å². The summed E-state index contributed by atoms with van der Waals surface area (Å²) in [6, 6.07) is 7.23. The number of para-hydroxylation sites is 1. The molecule has 1 N–H and O–H groups in total. The van der Waals surface area contributed by atoms with Crippen LogP contribution < -0.4 is 5.32 Å². The Morgan fingerprint density at radius 3 is 2.80 bits per heavy atom. The van der Waals surface area contributed by atoms with Crippen LogP contribution >= 0.6 is 11.6 Å². The number of benzene rings is 1. The van der Waals surface area contributed by atoms with E-state index in [1.807, 2.05) is 0 Å². The number of hydrogen-bond donors (Lipinski definition) is 1. The normalized spacial score (nSPS) is 16.4. The Morgan fingerprint density at radius 2 is 2.20 bits per heavy atom. The molecule has 0 amide bonds. The van der Waals surface area contributed by atoms with E-state index in [9.17, 15) is 8.42 Å². The molecule has 0 spiro atoms. The Labute approximate surface area is 124 Å². The second kappa shape index (κ2) is 6.00. The fourth-order valence-electron chi connectivity index (χ4n) is 2.10. The van der Waals surface area contributed by atoms with Crippen LogP contribution in [0.1, 0.15) is 12.5 Å². The third kappa shape index (κ3) is 3.06. The highest BCUT2D eigenvalue weighted by atomic mass is 35.5. The van der Waals surface area contributed by atoms with Crippen molar-refractivity contribution < 1.29 is 8.42 Å². The van der Waals surface area contributed by atoms with Crippen LogP contribution in [0.15, 0.2) is 18.2 Å². The van der Waals surface area contributed by atoms with E-state index in [4.69, 9.17) is 16.9 Å². The molecule has 0 unspecified atom stereocenters. The molecule has 0 aliphatic carbocycles. The highest BCUT2D eigenvalue weighted by Gasteiger charge is 2.34. The van der Waals surface area contributed by atoms with Crippen molar-refractivity contribution >= 4 is 27.3 Å². The monoisotopic (exact) mass is 313 g/mol. The van der Waals surface area contributed by atoms with E-state index < -0.39 is 10.0 Å². The number of rotatable bonds is 5. The highest BCUT2D eigenvalue weighted by molar-refractivity contribution is 7.89. The molecular formula is C13H16ClN3O2S. The Kier molecular flexibility index (Phi) is 4.53. The van der Waals surface area contributed by atoms with Crippen LogP contribution in [0.25, 0.3) is 0 Å². The maximum atomic E-state index is 11.6. The first-order valence-corrected chi connectivity index (χ1v) is 8.37. The van der Waals surface area contributed by atoms with Crippen LogP contribution in [-0.2, 0) is 10.0 Å². The van der Waals surface area contributed by atoms with Crippen molar-refractivity contribution in [3.63, 3.8) is 0 Å². The van der Waals surface area contributed by atoms with E-state index in [2.05, 4.69) is 11.4 Å². The van der Waals surface area contributed by atoms with Crippen LogP contribution in [0.3, 0.4) is 0 Å². The maximum Gasteiger partial charge on any atom is 0.213 e. The molecule has 1 aliphatic rings. The number of halogens is 1. The van der Waals surface area contributed by atoms with Gasteiger partial charge in [-0.2, -0.15) is 5.26 Å². The van der Waals surface area contributed by atoms with E-state index in [-0.39, 0.29) is 11.7 Å². The molecule has 0 bridgehead atoms. The largest absolute Gasteiger partial charge is 0.382 e. The van der Waals surface area contributed by atoms with Gasteiger partial charge in [0.15, 0.2) is 0 Å². The third-order valence-corrected chi connectivity index (χ3v) is 5.51. The molecule has 2 rings (SSSR count). The summed E-state index contributed by atoms with van der Waals surface area (Å²) in [6.45, 7) is 3.29. The van der Waals surface area contributed by atoms with Gasteiger partial charge in [0.1, 0.15) is 6.07 Å². The quantitative estimate of drug-likeness (QED) is 0.901. The highest BCUT2D eigenvalue weighted by Crippen LogP contribution is 2.27. The minimum Gasteiger partial charge on any atom is -0.382 e. The molecule has 0 radical (unpaired) electrons. The van der Waals surface area contributed by atoms with Gasteiger partial charge in [-0.25, -0.2) is 12.7 Å². The predicted octanol–water partition coefficient (Wildman–Crippen LogP) is 1.91. The van der Waals surface area contributed by atoms with Crippen LogP contribution in [0.2, 0.25) is 5.02 Å². The molecule has 7 heteroatoms. The van der Waals surface area contributed by atoms with E-state index in [1.54, 1.807) is 25.1 Å². The van der Waals surface area contributed by atoms with Crippen molar-refractivity contribution in [2.75, 3.05) is 30.7 Å². The molecular weight excluding hydrogens is 298 g/mol. The summed E-state index contributed by atoms with van der Waals surface area (Å²) < 4.78 is 24.7. The topological polar surface area (TPSA) is 73.2 Å². The number of nitriles is 1. The zero-order valence-corrected chi connectivity index (χ0v) is 12.7. The number of nitrogens with one attached hydrogen (secondary N) is 1. The Balaban J connectivity index is 1.92. The van der Waals surface area contributed by atoms with Crippen molar-refractivity contribution in [2.24, 2.45) is 5.92 Å². The van der Waals surface area contributed by atoms with Crippen LogP contribution in [0, 0.1) is 17.2 Å². The van der Waals surface area contributed by atoms with E-state index >= 15 is 0 Å². The molecule has 1 heterocycles. The van der Waals surface area contributed by atoms with Crippen molar-refractivity contribution in [1.82, 2.24) is 4.31 Å². The molecule has 1 aliphatic heterocycles. The molecule has 20 heavy (non-hydrogen) atoms. The van der Waals surface area contributed by atoms with Gasteiger partial charge in [-0.15, -0.1) is 0 Å². The third-order valence-electron chi connectivity index (χ3n) is 3.38. The Morgan fingerprint density at radius 1 is 1.50 bits per heavy atom. The molecule has 0 saturated carbocycles. The first-order chi connectivity index (χ1) is 9.47. The summed E-state index contributed by atoms with van der Waals surface area (Å²) in [4.78, 5) is 0. The van der Waals surface area contributed by atoms with Gasteiger partial charge < -0.3 is 5.32 Å². The fraction of sp³-hybridized carbons (Fsp3) is 0.462. The second-order valence-corrected chi connectivity index (χ2v) is 7.40. The lowest BCUT2D eigenvalue weighted by atomic mass is 10.0. The molecule has 1 fully saturated rings. The first kappa shape index (κ1) is 15.1. The molecule has 5 nitrogen and oxygen atoms in total. The zero-order chi connectivity index (χ0) is 14.8. The number of hydrogen-bond acceptors (Lipinski definition) is 4. The number of sulfonamides is 1. The summed E-state index contributed by atoms with van der Waals surface area (Å²) >= 11 is 6.06. The number of anilines is 1. The molecule has 1 aromatic rings. The van der Waals surface area contributed by atoms with Gasteiger partial charge in [0.2, 0.25) is 10.0 Å². The first-order valence-electron chi connectivity index (χ1n) is 6.38. The lowest BCUT2D eigenvalue weighted by molar-refractivity contribution is 0.212. The van der Waals surface area contributed by atoms with Crippen LogP contribution in [-0.4, -0.2) is 38.1 Å². The van der Waals surface area contributed by atoms with Crippen molar-refractivity contribution in [3.05, 3.63) is 28.8 Å². The smallest absolute Gasteiger partial charge is 0.213 e. The van der Waals surface area contributed by atoms with E-state index in [0.29, 0.717) is 35.9 Å². The van der Waals surface area contributed by atoms with Crippen molar-refractivity contribution in [1.29, 1.82) is 5.26 Å². The van der Waals surface area contributed by atoms with E-state index in [0.717, 1.165) is 0 Å². The minimum absolute atomic E-state index is 0.135. The van der Waals surface area contributed by atoms with Gasteiger partial charge >= 0.3 is 0 Å². The molecule has 1 aromatic carbocycles. The summed E-state index contributed by atoms with van der Waals surface area (Å²) in [6.07, 6.45) is 0. The molecule has 108 valence electrons. The summed E-state index contributed by atoms with van der Waals surface area (Å²) in [7, 11) is -3.07. The SMILES string of the molecule is CCS(=O)(=O)N1CC(CNc2c(Cl)cccc2C#N)C1. The molecule has 0 aromatic heterocycles. The lowest BCUT2D eigenvalue weighted by Gasteiger charge is -2.38. The standard InChI is InChI=1S/C13H16ClN3O2S/c1-2-20(18,19)17-8-10(9-17)7-16-13-11(6-15)4-3-5-12(13)14/h3-5,10,16H,2,7-9H2,1H3. The summed E-state index contributed by atoms with van der Waals surface area (Å²) in [5.74, 6) is 0.384. The van der Waals surface area contributed by atoms with Crippen LogP contribution in [0.5, 0.6) is 0 Å². The predicted molar refractivity (Wildman–Crippen MR) is 79.2 cm³/mol. The van der Waals surface area contributed by atoms with Gasteiger partial charge in [0, 0.05) is 25.6 Å². The number of nitrogens with zero attached hydrogens (tertiary/aromatic N) is 2. The lowest BCUT2D eigenvalue weighted by Crippen LogP contribution is -2.52. The van der Waals surface area contributed by atoms with Gasteiger partial charge in [0.05, 0.1) is 22.0 Å². The Hall–Kier alpha value is -1.29. The Bertz CT molecular complexity index is 634. The second-order valence-electron chi connectivity index (χ2n) is 4.74. The summed E-state index contributed by atoms with van der Waals surface area (Å²) in [5, 5.41) is 12.7. The molecule has 0 atom stereocenters. The van der Waals surface area contributed by atoms with Crippen molar-refractivity contribution in [2.45, 2.75) is 6.92 Å². The average molecular weight is 314 g/mol. The van der Waals surface area contributed by atoms with Gasteiger partial charge in [-0.05, 0) is 19.1 Å². The summed E-state index contributed by atoms with van der Waals surface area (Å²) in [5.41, 5.74) is 1.11. The van der Waals surface area contributed by atoms with Gasteiger partial charge in [-0.3, -0.25) is 0 Å². The zero-order valence-electron chi connectivity index (χ0n) is 11.1. The molecule has 1 saturated heterocycles. The average Bonchev–Trinajstić information content (AvgIpc) is 2.38. The van der Waals surface area contributed by atoms with E-state index in [1.165, 1.54) is 4.31 Å². The fourth-order valence-corrected chi connectivity index (χ4v) is 3.59. The van der Waals surface area contributed by atoms with Gasteiger partial charge in [0.25, 0.3) is 0 Å². The van der Waals surface area contributed by atoms with Crippen LogP contribution in [0.4, 0.5) is 5.69 Å². The minimum atomic E-state index is -3.07.